The van der Waals surface area contributed by atoms with Crippen LogP contribution in [-0.2, 0) is 14.3 Å². The third-order valence-corrected chi connectivity index (χ3v) is 5.92. The average Bonchev–Trinajstić information content (AvgIpc) is 3.02. The van der Waals surface area contributed by atoms with Crippen LogP contribution in [0.2, 0.25) is 0 Å². The molecule has 28 heavy (non-hydrogen) atoms. The van der Waals surface area contributed by atoms with E-state index in [0.717, 1.165) is 64.2 Å². The molecule has 0 aromatic rings. The molecule has 0 amide bonds. The van der Waals surface area contributed by atoms with Crippen LogP contribution < -0.4 is 0 Å². The molecule has 1 saturated carbocycles. The van der Waals surface area contributed by atoms with Crippen molar-refractivity contribution in [2.75, 3.05) is 6.61 Å². The topological polar surface area (TPSA) is 92.1 Å². The Hall–Kier alpha value is -1.55. The molecule has 0 N–H and O–H groups in total. The molecule has 0 aliphatic heterocycles. The number of azide groups is 1. The van der Waals surface area contributed by atoms with Gasteiger partial charge in [-0.1, -0.05) is 50.6 Å². The normalized spacial score (nSPS) is 20.0. The summed E-state index contributed by atoms with van der Waals surface area (Å²) in [6.45, 7) is 4.45. The summed E-state index contributed by atoms with van der Waals surface area (Å²) in [5.41, 5.74) is 8.81. The van der Waals surface area contributed by atoms with Crippen LogP contribution in [0.15, 0.2) is 5.11 Å². The first-order valence-corrected chi connectivity index (χ1v) is 11.3. The van der Waals surface area contributed by atoms with Gasteiger partial charge in [-0.3, -0.25) is 9.59 Å². The van der Waals surface area contributed by atoms with Crippen molar-refractivity contribution < 1.29 is 14.3 Å². The molecule has 0 aromatic heterocycles. The zero-order valence-electron chi connectivity index (χ0n) is 17.9. The quantitative estimate of drug-likeness (QED) is 0.0981. The molecule has 1 fully saturated rings. The van der Waals surface area contributed by atoms with Gasteiger partial charge in [0.1, 0.15) is 5.78 Å². The Bertz CT molecular complexity index is 503. The number of ketones is 1. The van der Waals surface area contributed by atoms with Gasteiger partial charge in [-0.2, -0.15) is 0 Å². The first-order chi connectivity index (χ1) is 13.6. The predicted octanol–water partition coefficient (Wildman–Crippen LogP) is 6.52. The van der Waals surface area contributed by atoms with Gasteiger partial charge in [0.25, 0.3) is 0 Å². The number of ether oxygens (including phenoxy) is 1. The van der Waals surface area contributed by atoms with Crippen LogP contribution in [0, 0.1) is 11.8 Å². The number of unbranched alkanes of at least 4 members (excludes halogenated alkanes) is 5. The summed E-state index contributed by atoms with van der Waals surface area (Å²) >= 11 is 0. The van der Waals surface area contributed by atoms with E-state index in [9.17, 15) is 9.59 Å². The zero-order valence-corrected chi connectivity index (χ0v) is 17.9. The fraction of sp³-hybridized carbons (Fsp3) is 0.909. The predicted molar refractivity (Wildman–Crippen MR) is 112 cm³/mol. The lowest BCUT2D eigenvalue weighted by Crippen LogP contribution is -2.17. The highest BCUT2D eigenvalue weighted by molar-refractivity contribution is 5.83. The van der Waals surface area contributed by atoms with Crippen molar-refractivity contribution in [2.45, 2.75) is 110 Å². The fourth-order valence-corrected chi connectivity index (χ4v) is 4.31. The van der Waals surface area contributed by atoms with Gasteiger partial charge in [-0.25, -0.2) is 0 Å². The lowest BCUT2D eigenvalue weighted by molar-refractivity contribution is -0.143. The second kappa shape index (κ2) is 15.4. The summed E-state index contributed by atoms with van der Waals surface area (Å²) < 4.78 is 4.94. The van der Waals surface area contributed by atoms with Crippen molar-refractivity contribution in [2.24, 2.45) is 17.0 Å². The second-order valence-corrected chi connectivity index (χ2v) is 8.06. The van der Waals surface area contributed by atoms with Crippen LogP contribution in [-0.4, -0.2) is 24.4 Å². The van der Waals surface area contributed by atoms with Gasteiger partial charge >= 0.3 is 5.97 Å². The summed E-state index contributed by atoms with van der Waals surface area (Å²) in [7, 11) is 0. The molecule has 0 spiro atoms. The van der Waals surface area contributed by atoms with Crippen LogP contribution >= 0.6 is 0 Å². The Morgan fingerprint density at radius 2 is 1.93 bits per heavy atom. The van der Waals surface area contributed by atoms with Gasteiger partial charge in [0.15, 0.2) is 0 Å². The molecule has 0 radical (unpaired) electrons. The van der Waals surface area contributed by atoms with E-state index in [0.29, 0.717) is 31.1 Å². The number of carbonyl (C=O) groups is 2. The Balaban J connectivity index is 2.29. The van der Waals surface area contributed by atoms with Crippen molar-refractivity contribution in [3.05, 3.63) is 10.4 Å². The van der Waals surface area contributed by atoms with Gasteiger partial charge in [-0.15, -0.1) is 0 Å². The lowest BCUT2D eigenvalue weighted by atomic mass is 9.85. The Kier molecular flexibility index (Phi) is 13.5. The third kappa shape index (κ3) is 10.1. The summed E-state index contributed by atoms with van der Waals surface area (Å²) in [5, 5.41) is 3.98. The molecule has 1 unspecified atom stereocenters. The first kappa shape index (κ1) is 24.5. The molecule has 0 aromatic carbocycles. The molecule has 0 saturated heterocycles. The molecule has 6 nitrogen and oxygen atoms in total. The highest BCUT2D eigenvalue weighted by atomic mass is 16.5. The Labute approximate surface area is 170 Å². The van der Waals surface area contributed by atoms with E-state index in [1.54, 1.807) is 0 Å². The van der Waals surface area contributed by atoms with Gasteiger partial charge < -0.3 is 4.74 Å². The third-order valence-electron chi connectivity index (χ3n) is 5.92. The molecular weight excluding hydrogens is 354 g/mol. The van der Waals surface area contributed by atoms with Gasteiger partial charge in [0, 0.05) is 29.7 Å². The Morgan fingerprint density at radius 3 is 2.64 bits per heavy atom. The highest BCUT2D eigenvalue weighted by Crippen LogP contribution is 2.36. The number of hydrogen-bond donors (Lipinski definition) is 0. The molecule has 6 heteroatoms. The summed E-state index contributed by atoms with van der Waals surface area (Å²) in [4.78, 5) is 26.7. The van der Waals surface area contributed by atoms with E-state index in [2.05, 4.69) is 16.9 Å². The lowest BCUT2D eigenvalue weighted by Gasteiger charge is -2.20. The molecule has 1 rings (SSSR count). The molecule has 1 aliphatic carbocycles. The smallest absolute Gasteiger partial charge is 0.305 e. The molecule has 3 atom stereocenters. The fourth-order valence-electron chi connectivity index (χ4n) is 4.31. The van der Waals surface area contributed by atoms with Crippen molar-refractivity contribution in [3.8, 4) is 0 Å². The molecule has 0 heterocycles. The average molecular weight is 394 g/mol. The molecule has 0 bridgehead atoms. The minimum absolute atomic E-state index is 0.0794. The standard InChI is InChI=1S/C22H39N3O3/c1-3-5-8-11-19(24-25-23)16-14-18-15-17-21(26)20(18)12-9-6-7-10-13-22(27)28-4-2/h18-20H,3-17H2,1-2H3/t18-,19?,20+/m0/s1. The SMILES string of the molecule is CCCCCC(CC[C@H]1CCC(=O)[C@@H]1CCCCCCC(=O)OCC)N=[N+]=[N-]. The van der Waals surface area contributed by atoms with Crippen LogP contribution in [0.1, 0.15) is 104 Å². The van der Waals surface area contributed by atoms with Crippen molar-refractivity contribution >= 4 is 11.8 Å². The summed E-state index contributed by atoms with van der Waals surface area (Å²) in [6.07, 6.45) is 13.5. The van der Waals surface area contributed by atoms with Crippen LogP contribution in [0.3, 0.4) is 0 Å². The van der Waals surface area contributed by atoms with Crippen molar-refractivity contribution in [1.82, 2.24) is 0 Å². The molecule has 1 aliphatic rings. The number of rotatable bonds is 16. The van der Waals surface area contributed by atoms with Gasteiger partial charge in [0.05, 0.1) is 6.61 Å². The Morgan fingerprint density at radius 1 is 1.14 bits per heavy atom. The molecular formula is C22H39N3O3. The maximum absolute atomic E-state index is 12.3. The van der Waals surface area contributed by atoms with E-state index in [-0.39, 0.29) is 17.9 Å². The number of nitrogens with zero attached hydrogens (tertiary/aromatic N) is 3. The van der Waals surface area contributed by atoms with Gasteiger partial charge in [-0.05, 0) is 56.9 Å². The van der Waals surface area contributed by atoms with Crippen molar-refractivity contribution in [3.63, 3.8) is 0 Å². The van der Waals surface area contributed by atoms with E-state index < -0.39 is 0 Å². The van der Waals surface area contributed by atoms with E-state index in [4.69, 9.17) is 10.3 Å². The number of esters is 1. The number of Topliss-reactive ketones (excluding diaryl/α,β-unsaturated/α-hetero) is 1. The van der Waals surface area contributed by atoms with Crippen LogP contribution in [0.25, 0.3) is 10.4 Å². The summed E-state index contributed by atoms with van der Waals surface area (Å²) in [6, 6.07) is 0.0794. The minimum Gasteiger partial charge on any atom is -0.466 e. The maximum Gasteiger partial charge on any atom is 0.305 e. The number of carbonyl (C=O) groups excluding carboxylic acids is 2. The first-order valence-electron chi connectivity index (χ1n) is 11.3. The monoisotopic (exact) mass is 393 g/mol. The van der Waals surface area contributed by atoms with E-state index >= 15 is 0 Å². The highest BCUT2D eigenvalue weighted by Gasteiger charge is 2.33. The number of hydrogen-bond acceptors (Lipinski definition) is 4. The minimum atomic E-state index is -0.109. The van der Waals surface area contributed by atoms with Crippen LogP contribution in [0.5, 0.6) is 0 Å². The van der Waals surface area contributed by atoms with Gasteiger partial charge in [0.2, 0.25) is 0 Å². The zero-order chi connectivity index (χ0) is 20.6. The second-order valence-electron chi connectivity index (χ2n) is 8.06. The largest absolute Gasteiger partial charge is 0.466 e. The van der Waals surface area contributed by atoms with E-state index in [1.807, 2.05) is 6.92 Å². The van der Waals surface area contributed by atoms with E-state index in [1.165, 1.54) is 12.8 Å². The van der Waals surface area contributed by atoms with Crippen LogP contribution in [0.4, 0.5) is 0 Å². The maximum atomic E-state index is 12.3. The molecule has 160 valence electrons. The van der Waals surface area contributed by atoms with Crippen molar-refractivity contribution in [1.29, 1.82) is 0 Å². The summed E-state index contributed by atoms with van der Waals surface area (Å²) in [5.74, 6) is 0.951.